The molecule has 0 aliphatic heterocycles. The van der Waals surface area contributed by atoms with E-state index >= 15 is 0 Å². The van der Waals surface area contributed by atoms with Gasteiger partial charge in [0.2, 0.25) is 11.2 Å². The number of nitrogens with zero attached hydrogens (tertiary/aromatic N) is 4. The molecule has 2 aromatic carbocycles. The van der Waals surface area contributed by atoms with E-state index in [4.69, 9.17) is 9.16 Å². The maximum atomic E-state index is 13.4. The lowest BCUT2D eigenvalue weighted by Crippen LogP contribution is -2.43. The van der Waals surface area contributed by atoms with Crippen LogP contribution in [0.15, 0.2) is 82.3 Å². The number of nitrogens with one attached hydrogen (secondary N) is 2. The molecule has 0 bridgehead atoms. The standard InChI is InChI=1S/C44H56N6O6S2Si/c1-43(2,3)59(5,6)56-37(32-17-20-36(51)41-33(32)18-21-40(52)46-41)28-45-27-29-12-19-35-34(26-29)47-48-50(35)23-9-22-49(4)30-13-15-31(16-14-30)55-42(53)44(54,38-10-7-24-57-38)39-11-8-25-58-39/h7-8,10-12,17-21,24-26,30-31,37,45,51,54H,9,13-16,22-23,27-28H2,1-6H3,(H,46,52)/t30?,31?,37-/m0/s1. The van der Waals surface area contributed by atoms with E-state index < -0.39 is 19.9 Å². The van der Waals surface area contributed by atoms with Gasteiger partial charge < -0.3 is 34.6 Å². The van der Waals surface area contributed by atoms with Crippen LogP contribution in [0.25, 0.3) is 21.9 Å². The summed E-state index contributed by atoms with van der Waals surface area (Å²) in [4.78, 5) is 31.9. The van der Waals surface area contributed by atoms with E-state index in [-0.39, 0.29) is 28.6 Å². The van der Waals surface area contributed by atoms with Gasteiger partial charge in [0.05, 0.1) is 26.9 Å². The second kappa shape index (κ2) is 17.8. The summed E-state index contributed by atoms with van der Waals surface area (Å²) in [5, 5.41) is 39.2. The zero-order chi connectivity index (χ0) is 42.0. The molecule has 1 aliphatic carbocycles. The van der Waals surface area contributed by atoms with Crippen molar-refractivity contribution < 1.29 is 24.2 Å². The molecule has 15 heteroatoms. The molecule has 4 N–H and O–H groups in total. The molecule has 1 aliphatic rings. The number of aryl methyl sites for hydroxylation is 1. The molecule has 1 atom stereocenters. The number of thiophene rings is 2. The number of esters is 1. The lowest BCUT2D eigenvalue weighted by atomic mass is 9.91. The summed E-state index contributed by atoms with van der Waals surface area (Å²) in [6, 6.07) is 20.7. The van der Waals surface area contributed by atoms with Crippen molar-refractivity contribution in [2.75, 3.05) is 20.1 Å². The Labute approximate surface area is 354 Å². The molecular weight excluding hydrogens is 801 g/mol. The van der Waals surface area contributed by atoms with E-state index in [1.165, 1.54) is 28.7 Å². The van der Waals surface area contributed by atoms with Crippen LogP contribution in [0.5, 0.6) is 5.75 Å². The van der Waals surface area contributed by atoms with Gasteiger partial charge in [-0.2, -0.15) is 0 Å². The zero-order valence-electron chi connectivity index (χ0n) is 34.7. The van der Waals surface area contributed by atoms with E-state index in [1.807, 2.05) is 33.6 Å². The average Bonchev–Trinajstić information content (AvgIpc) is 4.02. The number of rotatable bonds is 16. The van der Waals surface area contributed by atoms with Crippen LogP contribution in [-0.2, 0) is 32.6 Å². The molecule has 1 saturated carbocycles. The van der Waals surface area contributed by atoms with Crippen molar-refractivity contribution in [3.63, 3.8) is 0 Å². The number of aromatic amines is 1. The molecule has 6 aromatic rings. The zero-order valence-corrected chi connectivity index (χ0v) is 37.4. The first-order chi connectivity index (χ1) is 28.1. The number of aromatic nitrogens is 4. The quantitative estimate of drug-likeness (QED) is 0.0555. The highest BCUT2D eigenvalue weighted by Crippen LogP contribution is 2.42. The van der Waals surface area contributed by atoms with Gasteiger partial charge in [-0.1, -0.05) is 50.3 Å². The van der Waals surface area contributed by atoms with Gasteiger partial charge >= 0.3 is 5.97 Å². The minimum atomic E-state index is -2.21. The maximum Gasteiger partial charge on any atom is 0.349 e. The highest BCUT2D eigenvalue weighted by molar-refractivity contribution is 7.12. The van der Waals surface area contributed by atoms with Crippen molar-refractivity contribution in [3.8, 4) is 5.75 Å². The van der Waals surface area contributed by atoms with Gasteiger partial charge in [-0.15, -0.1) is 27.8 Å². The van der Waals surface area contributed by atoms with Gasteiger partial charge in [0.15, 0.2) is 8.32 Å². The normalized spacial score (nSPS) is 17.2. The number of benzene rings is 2. The summed E-state index contributed by atoms with van der Waals surface area (Å²) in [5.74, 6) is -0.563. The van der Waals surface area contributed by atoms with Crippen LogP contribution >= 0.6 is 22.7 Å². The third-order valence-electron chi connectivity index (χ3n) is 12.2. The number of H-pyrrole nitrogens is 1. The fourth-order valence-corrected chi connectivity index (χ4v) is 10.7. The van der Waals surface area contributed by atoms with Crippen molar-refractivity contribution in [1.29, 1.82) is 0 Å². The van der Waals surface area contributed by atoms with Crippen LogP contribution in [-0.4, -0.2) is 81.7 Å². The molecule has 0 amide bonds. The van der Waals surface area contributed by atoms with Crippen molar-refractivity contribution in [2.45, 2.75) is 108 Å². The number of hydrogen-bond donors (Lipinski definition) is 4. The fourth-order valence-electron chi connectivity index (χ4n) is 7.71. The Balaban J connectivity index is 0.910. The number of ether oxygens (including phenoxy) is 1. The summed E-state index contributed by atoms with van der Waals surface area (Å²) in [6.07, 6.45) is 3.75. The highest BCUT2D eigenvalue weighted by atomic mass is 32.1. The van der Waals surface area contributed by atoms with Crippen LogP contribution in [0.3, 0.4) is 0 Å². The number of aliphatic hydroxyl groups is 1. The van der Waals surface area contributed by atoms with E-state index in [9.17, 15) is 19.8 Å². The monoisotopic (exact) mass is 856 g/mol. The molecule has 0 spiro atoms. The van der Waals surface area contributed by atoms with Gasteiger partial charge in [-0.05, 0) is 122 Å². The molecule has 1 fully saturated rings. The minimum Gasteiger partial charge on any atom is -0.506 e. The summed E-state index contributed by atoms with van der Waals surface area (Å²) < 4.78 is 14.9. The lowest BCUT2D eigenvalue weighted by molar-refractivity contribution is -0.169. The molecule has 4 heterocycles. The third kappa shape index (κ3) is 9.41. The molecular formula is C44H56N6O6S2Si. The Morgan fingerprint density at radius 2 is 1.75 bits per heavy atom. The van der Waals surface area contributed by atoms with E-state index in [2.05, 4.69) is 84.6 Å². The Morgan fingerprint density at radius 3 is 2.41 bits per heavy atom. The number of phenols is 1. The Bertz CT molecular complexity index is 2370. The Kier molecular flexibility index (Phi) is 12.9. The molecule has 0 saturated heterocycles. The number of fused-ring (bicyclic) bond motifs is 2. The first kappa shape index (κ1) is 42.9. The second-order valence-electron chi connectivity index (χ2n) is 17.3. The summed E-state index contributed by atoms with van der Waals surface area (Å²) >= 11 is 2.71. The van der Waals surface area contributed by atoms with Gasteiger partial charge in [0.25, 0.3) is 0 Å². The first-order valence-electron chi connectivity index (χ1n) is 20.4. The summed E-state index contributed by atoms with van der Waals surface area (Å²) in [7, 11) is -0.0444. The number of carbonyl (C=O) groups excluding carboxylic acids is 1. The predicted molar refractivity (Wildman–Crippen MR) is 238 cm³/mol. The topological polar surface area (TPSA) is 155 Å². The van der Waals surface area contributed by atoms with Crippen molar-refractivity contribution in [2.24, 2.45) is 0 Å². The van der Waals surface area contributed by atoms with Gasteiger partial charge in [-0.3, -0.25) is 4.79 Å². The molecule has 314 valence electrons. The highest BCUT2D eigenvalue weighted by Gasteiger charge is 2.45. The van der Waals surface area contributed by atoms with Crippen LogP contribution < -0.4 is 10.9 Å². The smallest absolute Gasteiger partial charge is 0.349 e. The first-order valence-corrected chi connectivity index (χ1v) is 25.1. The third-order valence-corrected chi connectivity index (χ3v) is 18.6. The number of hydrogen-bond acceptors (Lipinski definition) is 12. The van der Waals surface area contributed by atoms with Crippen LogP contribution in [0.4, 0.5) is 0 Å². The molecule has 0 radical (unpaired) electrons. The number of phenolic OH excluding ortho intramolecular Hbond substituents is 1. The summed E-state index contributed by atoms with van der Waals surface area (Å²) in [6.45, 7) is 13.9. The van der Waals surface area contributed by atoms with E-state index in [0.717, 1.165) is 72.7 Å². The molecule has 12 nitrogen and oxygen atoms in total. The maximum absolute atomic E-state index is 13.4. The van der Waals surface area contributed by atoms with E-state index in [0.29, 0.717) is 34.4 Å². The van der Waals surface area contributed by atoms with Crippen molar-refractivity contribution in [3.05, 3.63) is 109 Å². The lowest BCUT2D eigenvalue weighted by Gasteiger charge is -2.39. The average molecular weight is 857 g/mol. The summed E-state index contributed by atoms with van der Waals surface area (Å²) in [5.41, 5.74) is 2.21. The number of carbonyl (C=O) groups is 1. The Hall–Kier alpha value is -4.22. The van der Waals surface area contributed by atoms with Crippen molar-refractivity contribution in [1.82, 2.24) is 30.2 Å². The number of aromatic hydroxyl groups is 1. The van der Waals surface area contributed by atoms with Crippen LogP contribution in [0.1, 0.15) is 79.9 Å². The molecule has 0 unspecified atom stereocenters. The van der Waals surface area contributed by atoms with E-state index in [1.54, 1.807) is 24.3 Å². The van der Waals surface area contributed by atoms with Gasteiger partial charge in [0, 0.05) is 37.1 Å². The SMILES string of the molecule is CN(CCCn1nnc2cc(CNC[C@H](O[Si](C)(C)C(C)(C)C)c3ccc(O)c4[nH]c(=O)ccc34)ccc21)C1CCC(OC(=O)C(O)(c2cccs2)c2cccs2)CC1. The molecule has 59 heavy (non-hydrogen) atoms. The van der Waals surface area contributed by atoms with Crippen LogP contribution in [0.2, 0.25) is 18.1 Å². The Morgan fingerprint density at radius 1 is 1.03 bits per heavy atom. The van der Waals surface area contributed by atoms with Crippen molar-refractivity contribution >= 4 is 58.9 Å². The largest absolute Gasteiger partial charge is 0.506 e. The fraction of sp³-hybridized carbons (Fsp3) is 0.455. The second-order valence-corrected chi connectivity index (χ2v) is 23.9. The minimum absolute atomic E-state index is 0.0126. The van der Waals surface area contributed by atoms with Gasteiger partial charge in [-0.25, -0.2) is 9.48 Å². The molecule has 4 aromatic heterocycles. The molecule has 7 rings (SSSR count). The number of pyridine rings is 1. The predicted octanol–water partition coefficient (Wildman–Crippen LogP) is 8.07. The van der Waals surface area contributed by atoms with Gasteiger partial charge in [0.1, 0.15) is 17.4 Å². The van der Waals surface area contributed by atoms with Crippen LogP contribution in [0, 0.1) is 0 Å².